The molecule has 17 heteroatoms. The molecule has 2 aromatic heterocycles. The van der Waals surface area contributed by atoms with Crippen LogP contribution in [0.15, 0.2) is 48.8 Å². The highest BCUT2D eigenvalue weighted by Gasteiger charge is 2.62. The van der Waals surface area contributed by atoms with Gasteiger partial charge in [0.15, 0.2) is 18.0 Å². The van der Waals surface area contributed by atoms with E-state index in [9.17, 15) is 24.2 Å². The average molecular weight is 743 g/mol. The van der Waals surface area contributed by atoms with Crippen molar-refractivity contribution in [3.63, 3.8) is 0 Å². The molecule has 1 aliphatic heterocycles. The van der Waals surface area contributed by atoms with Gasteiger partial charge in [0.1, 0.15) is 42.4 Å². The highest BCUT2D eigenvalue weighted by molar-refractivity contribution is 7.52. The molecule has 1 fully saturated rings. The van der Waals surface area contributed by atoms with Crippen molar-refractivity contribution in [3.05, 3.63) is 54.5 Å². The van der Waals surface area contributed by atoms with Crippen molar-refractivity contribution in [3.8, 4) is 11.8 Å². The first kappa shape index (κ1) is 40.2. The van der Waals surface area contributed by atoms with Crippen LogP contribution in [-0.4, -0.2) is 69.6 Å². The Hall–Kier alpha value is -4.55. The number of fused-ring (bicyclic) bond motifs is 1. The van der Waals surface area contributed by atoms with E-state index in [1.165, 1.54) is 29.9 Å². The number of nitrogens with one attached hydrogen (secondary N) is 1. The molecule has 6 atom stereocenters. The fourth-order valence-corrected chi connectivity index (χ4v) is 6.81. The lowest BCUT2D eigenvalue weighted by Crippen LogP contribution is -2.50. The minimum atomic E-state index is -4.56. The summed E-state index contributed by atoms with van der Waals surface area (Å²) in [6.45, 7) is 11.1. The second kappa shape index (κ2) is 17.3. The molecule has 0 saturated carbocycles. The lowest BCUT2D eigenvalue weighted by molar-refractivity contribution is -0.173. The molecule has 3 heterocycles. The van der Waals surface area contributed by atoms with Crippen LogP contribution in [0, 0.1) is 29.1 Å². The molecule has 3 N–H and O–H groups in total. The Balaban J connectivity index is 1.76. The van der Waals surface area contributed by atoms with E-state index in [-0.39, 0.29) is 29.8 Å². The molecule has 1 unspecified atom stereocenters. The first-order chi connectivity index (χ1) is 24.7. The van der Waals surface area contributed by atoms with Crippen molar-refractivity contribution in [1.29, 1.82) is 5.26 Å². The molecule has 52 heavy (non-hydrogen) atoms. The molecule has 1 saturated heterocycles. The van der Waals surface area contributed by atoms with Gasteiger partial charge in [-0.3, -0.25) is 18.9 Å². The maximum Gasteiger partial charge on any atom is 0.459 e. The van der Waals surface area contributed by atoms with Crippen molar-refractivity contribution >= 4 is 37.0 Å². The SMILES string of the molecule is CCC(CC)COC(=O)[C@H](C)NP(=O)(OC[C@@]1(C#N)O[C@@H](c2ccc3c(N)ncnn23)[C@H](OC(=O)C(C)C)[C@@H]1OC(=O)C(C)C)Oc1ccccc1. The third-order valence-corrected chi connectivity index (χ3v) is 10.2. The van der Waals surface area contributed by atoms with Crippen molar-refractivity contribution in [2.45, 2.75) is 91.3 Å². The second-order valence-corrected chi connectivity index (χ2v) is 14.8. The number of hydrogen-bond donors (Lipinski definition) is 2. The van der Waals surface area contributed by atoms with E-state index in [1.54, 1.807) is 58.0 Å². The van der Waals surface area contributed by atoms with Crippen LogP contribution in [-0.2, 0) is 42.4 Å². The number of aromatic nitrogens is 3. The monoisotopic (exact) mass is 742 g/mol. The van der Waals surface area contributed by atoms with Crippen molar-refractivity contribution in [1.82, 2.24) is 19.7 Å². The number of ether oxygens (including phenoxy) is 4. The maximum absolute atomic E-state index is 14.5. The number of carbonyl (C=O) groups excluding carboxylic acids is 3. The Labute approximate surface area is 302 Å². The molecule has 3 aromatic rings. The summed E-state index contributed by atoms with van der Waals surface area (Å²) in [4.78, 5) is 43.3. The molecule has 1 aromatic carbocycles. The molecule has 0 aliphatic carbocycles. The van der Waals surface area contributed by atoms with Crippen LogP contribution >= 0.6 is 7.75 Å². The molecule has 0 spiro atoms. The Kier molecular flexibility index (Phi) is 13.4. The lowest BCUT2D eigenvalue weighted by atomic mass is 9.95. The number of nitrogens with two attached hydrogens (primary N) is 1. The normalized spacial score (nSPS) is 21.8. The van der Waals surface area contributed by atoms with Gasteiger partial charge in [-0.1, -0.05) is 72.6 Å². The molecular weight excluding hydrogens is 695 g/mol. The van der Waals surface area contributed by atoms with Crippen molar-refractivity contribution in [2.24, 2.45) is 17.8 Å². The zero-order valence-electron chi connectivity index (χ0n) is 30.4. The smallest absolute Gasteiger partial charge is 0.459 e. The Morgan fingerprint density at radius 1 is 1.02 bits per heavy atom. The van der Waals surface area contributed by atoms with Crippen LogP contribution in [0.2, 0.25) is 0 Å². The summed E-state index contributed by atoms with van der Waals surface area (Å²) < 4.78 is 51.3. The van der Waals surface area contributed by atoms with E-state index in [1.807, 2.05) is 19.9 Å². The number of hydrogen-bond acceptors (Lipinski definition) is 14. The molecule has 1 aliphatic rings. The number of carbonyl (C=O) groups is 3. The number of para-hydroxylation sites is 1. The third-order valence-electron chi connectivity index (χ3n) is 8.56. The fraction of sp³-hybridized carbons (Fsp3) is 0.543. The summed E-state index contributed by atoms with van der Waals surface area (Å²) >= 11 is 0. The van der Waals surface area contributed by atoms with Gasteiger partial charge in [-0.2, -0.15) is 15.4 Å². The highest BCUT2D eigenvalue weighted by atomic mass is 31.2. The van der Waals surface area contributed by atoms with Crippen molar-refractivity contribution < 1.29 is 46.9 Å². The first-order valence-corrected chi connectivity index (χ1v) is 18.7. The van der Waals surface area contributed by atoms with Crippen molar-refractivity contribution in [2.75, 3.05) is 18.9 Å². The lowest BCUT2D eigenvalue weighted by Gasteiger charge is -2.31. The highest BCUT2D eigenvalue weighted by Crippen LogP contribution is 2.50. The second-order valence-electron chi connectivity index (χ2n) is 13.1. The summed E-state index contributed by atoms with van der Waals surface area (Å²) in [5, 5.41) is 17.7. The number of rotatable bonds is 17. The molecule has 0 bridgehead atoms. The van der Waals surface area contributed by atoms with Gasteiger partial charge in [-0.25, -0.2) is 14.1 Å². The Bertz CT molecular complexity index is 1790. The molecule has 282 valence electrons. The predicted molar refractivity (Wildman–Crippen MR) is 187 cm³/mol. The summed E-state index contributed by atoms with van der Waals surface area (Å²) in [7, 11) is -4.56. The minimum Gasteiger partial charge on any atom is -0.464 e. The zero-order chi connectivity index (χ0) is 38.2. The quantitative estimate of drug-likeness (QED) is 0.106. The summed E-state index contributed by atoms with van der Waals surface area (Å²) in [6.07, 6.45) is -1.50. The number of nitrogen functional groups attached to an aromatic ring is 1. The Morgan fingerprint density at radius 3 is 2.29 bits per heavy atom. The predicted octanol–water partition coefficient (Wildman–Crippen LogP) is 4.94. The van der Waals surface area contributed by atoms with Gasteiger partial charge >= 0.3 is 25.7 Å². The molecule has 0 radical (unpaired) electrons. The number of nitriles is 1. The number of anilines is 1. The summed E-state index contributed by atoms with van der Waals surface area (Å²) in [6, 6.07) is 12.1. The molecule has 0 amide bonds. The van der Waals surface area contributed by atoms with E-state index in [2.05, 4.69) is 15.2 Å². The van der Waals surface area contributed by atoms with Crippen LogP contribution in [0.4, 0.5) is 5.82 Å². The topological polar surface area (TPSA) is 216 Å². The van der Waals surface area contributed by atoms with Crippen LogP contribution in [0.3, 0.4) is 0 Å². The van der Waals surface area contributed by atoms with Crippen LogP contribution < -0.4 is 15.3 Å². The van der Waals surface area contributed by atoms with E-state index in [0.29, 0.717) is 5.52 Å². The van der Waals surface area contributed by atoms with Crippen LogP contribution in [0.1, 0.15) is 73.1 Å². The van der Waals surface area contributed by atoms with Gasteiger partial charge in [0.2, 0.25) is 5.60 Å². The molecule has 4 rings (SSSR count). The average Bonchev–Trinajstić information content (AvgIpc) is 3.68. The standard InChI is InChI=1S/C35H47N6O10P/c1-8-24(9-2)17-46-34(44)23(7)40-52(45,51-25-13-11-10-12-14-25)47-19-35(18-36)30(49-33(43)22(5)6)29(48-32(42)21(3)4)28(50-35)26-15-16-27-31(37)38-20-39-41(26)27/h10-16,20-24,28-30H,8-9,17,19H2,1-7H3,(H,40,45)(H2,37,38,39)/t23-,28-,29-,30-,35+,52?/m0/s1. The third kappa shape index (κ3) is 9.27. The minimum absolute atomic E-state index is 0.121. The molecule has 16 nitrogen and oxygen atoms in total. The van der Waals surface area contributed by atoms with E-state index >= 15 is 0 Å². The zero-order valence-corrected chi connectivity index (χ0v) is 31.3. The maximum atomic E-state index is 14.5. The van der Waals surface area contributed by atoms with Gasteiger partial charge in [0, 0.05) is 0 Å². The molecular formula is C35H47N6O10P. The van der Waals surface area contributed by atoms with E-state index < -0.39 is 74.1 Å². The van der Waals surface area contributed by atoms with E-state index in [4.69, 9.17) is 33.7 Å². The van der Waals surface area contributed by atoms with Gasteiger partial charge in [-0.15, -0.1) is 0 Å². The van der Waals surface area contributed by atoms with Crippen LogP contribution in [0.5, 0.6) is 5.75 Å². The number of esters is 3. The largest absolute Gasteiger partial charge is 0.464 e. The Morgan fingerprint density at radius 2 is 1.67 bits per heavy atom. The first-order valence-electron chi connectivity index (χ1n) is 17.2. The number of benzene rings is 1. The summed E-state index contributed by atoms with van der Waals surface area (Å²) in [5.74, 6) is -2.98. The number of nitrogens with zero attached hydrogens (tertiary/aromatic N) is 4. The van der Waals surface area contributed by atoms with Crippen LogP contribution in [0.25, 0.3) is 5.52 Å². The summed E-state index contributed by atoms with van der Waals surface area (Å²) in [5.41, 5.74) is 4.50. The van der Waals surface area contributed by atoms with Gasteiger partial charge < -0.3 is 29.2 Å². The fourth-order valence-electron chi connectivity index (χ4n) is 5.29. The van der Waals surface area contributed by atoms with E-state index in [0.717, 1.165) is 12.8 Å². The van der Waals surface area contributed by atoms with Gasteiger partial charge in [0.25, 0.3) is 0 Å². The van der Waals surface area contributed by atoms with Gasteiger partial charge in [-0.05, 0) is 37.1 Å². The van der Waals surface area contributed by atoms with Gasteiger partial charge in [0.05, 0.1) is 24.1 Å².